The lowest BCUT2D eigenvalue weighted by molar-refractivity contribution is -0.142. The van der Waals surface area contributed by atoms with Crippen LogP contribution in [-0.4, -0.2) is 37.6 Å². The Hall–Kier alpha value is -1.40. The summed E-state index contributed by atoms with van der Waals surface area (Å²) in [5, 5.41) is 8.48. The van der Waals surface area contributed by atoms with Gasteiger partial charge in [0.05, 0.1) is 7.11 Å². The molecule has 100 valence electrons. The molecule has 0 saturated heterocycles. The third kappa shape index (κ3) is 3.08. The summed E-state index contributed by atoms with van der Waals surface area (Å²) in [5.41, 5.74) is 0.366. The first kappa shape index (κ1) is 14.7. The van der Waals surface area contributed by atoms with E-state index < -0.39 is 27.2 Å². The predicted octanol–water partition coefficient (Wildman–Crippen LogP) is 0.696. The molecule has 0 heterocycles. The zero-order chi connectivity index (χ0) is 13.8. The number of benzene rings is 1. The average Bonchev–Trinajstić information content (AvgIpc) is 2.39. The molecule has 1 N–H and O–H groups in total. The van der Waals surface area contributed by atoms with Gasteiger partial charge in [0.1, 0.15) is 6.10 Å². The molecule has 0 bridgehead atoms. The molecule has 6 heteroatoms. The lowest BCUT2D eigenvalue weighted by Gasteiger charge is -2.20. The molecule has 0 aliphatic heterocycles. The maximum Gasteiger partial charge on any atom is 0.327 e. The lowest BCUT2D eigenvalue weighted by Crippen LogP contribution is -2.38. The van der Waals surface area contributed by atoms with E-state index in [0.29, 0.717) is 5.56 Å². The molecule has 18 heavy (non-hydrogen) atoms. The van der Waals surface area contributed by atoms with Crippen molar-refractivity contribution in [2.24, 2.45) is 0 Å². The number of rotatable bonds is 5. The number of carbonyl (C=O) groups excluding carboxylic acids is 1. The Morgan fingerprint density at radius 1 is 1.33 bits per heavy atom. The Morgan fingerprint density at radius 3 is 2.33 bits per heavy atom. The first-order valence-electron chi connectivity index (χ1n) is 5.46. The van der Waals surface area contributed by atoms with E-state index in [-0.39, 0.29) is 5.75 Å². The minimum atomic E-state index is -3.74. The summed E-state index contributed by atoms with van der Waals surface area (Å²) in [6.45, 7) is 1.42. The number of aliphatic hydroxyl groups is 1. The fourth-order valence-corrected chi connectivity index (χ4v) is 2.89. The molecule has 0 aliphatic carbocycles. The molecule has 0 aliphatic rings. The molecule has 1 rings (SSSR count). The van der Waals surface area contributed by atoms with E-state index in [0.717, 1.165) is 7.11 Å². The van der Waals surface area contributed by atoms with E-state index in [1.165, 1.54) is 6.92 Å². The number of ether oxygens (including phenoxy) is 1. The first-order chi connectivity index (χ1) is 8.44. The predicted molar refractivity (Wildman–Crippen MR) is 66.7 cm³/mol. The molecule has 0 radical (unpaired) electrons. The number of aliphatic hydroxyl groups excluding tert-OH is 1. The van der Waals surface area contributed by atoms with Gasteiger partial charge in [-0.2, -0.15) is 0 Å². The maximum absolute atomic E-state index is 11.9. The maximum atomic E-state index is 11.9. The molecule has 0 aromatic heterocycles. The Balaban J connectivity index is 3.17. The standard InChI is InChI=1S/C12H16O5S/c1-3-18(15,16)11(12(14)17-2)10(13)9-7-5-4-6-8-9/h4-8,10-11,13H,3H2,1-2H3. The van der Waals surface area contributed by atoms with Crippen LogP contribution in [0.4, 0.5) is 0 Å². The second kappa shape index (κ2) is 5.97. The van der Waals surface area contributed by atoms with Gasteiger partial charge in [-0.15, -0.1) is 0 Å². The van der Waals surface area contributed by atoms with Crippen LogP contribution in [0.3, 0.4) is 0 Å². The highest BCUT2D eigenvalue weighted by Gasteiger charge is 2.39. The molecular weight excluding hydrogens is 256 g/mol. The highest BCUT2D eigenvalue weighted by molar-refractivity contribution is 7.92. The van der Waals surface area contributed by atoms with Crippen LogP contribution in [0, 0.1) is 0 Å². The SMILES string of the molecule is CCS(=O)(=O)C(C(=O)OC)C(O)c1ccccc1. The second-order valence-corrected chi connectivity index (χ2v) is 6.16. The topological polar surface area (TPSA) is 80.7 Å². The molecule has 0 spiro atoms. The van der Waals surface area contributed by atoms with E-state index in [1.54, 1.807) is 30.3 Å². The Bertz CT molecular complexity index is 494. The van der Waals surface area contributed by atoms with Crippen LogP contribution in [0.15, 0.2) is 30.3 Å². The quantitative estimate of drug-likeness (QED) is 0.798. The molecule has 2 unspecified atom stereocenters. The first-order valence-corrected chi connectivity index (χ1v) is 7.18. The summed E-state index contributed by atoms with van der Waals surface area (Å²) in [6.07, 6.45) is -1.43. The molecule has 0 amide bonds. The van der Waals surface area contributed by atoms with Gasteiger partial charge in [0.2, 0.25) is 0 Å². The van der Waals surface area contributed by atoms with E-state index in [2.05, 4.69) is 4.74 Å². The number of hydrogen-bond acceptors (Lipinski definition) is 5. The summed E-state index contributed by atoms with van der Waals surface area (Å²) >= 11 is 0. The Kier molecular flexibility index (Phi) is 4.86. The highest BCUT2D eigenvalue weighted by Crippen LogP contribution is 2.23. The van der Waals surface area contributed by atoms with Crippen molar-refractivity contribution >= 4 is 15.8 Å². The smallest absolute Gasteiger partial charge is 0.327 e. The van der Waals surface area contributed by atoms with Crippen molar-refractivity contribution in [2.75, 3.05) is 12.9 Å². The van der Waals surface area contributed by atoms with Gasteiger partial charge in [0.25, 0.3) is 0 Å². The van der Waals surface area contributed by atoms with Gasteiger partial charge in [0, 0.05) is 5.75 Å². The van der Waals surface area contributed by atoms with Crippen molar-refractivity contribution in [2.45, 2.75) is 18.3 Å². The largest absolute Gasteiger partial charge is 0.468 e. The lowest BCUT2D eigenvalue weighted by atomic mass is 10.1. The summed E-state index contributed by atoms with van der Waals surface area (Å²) in [5.74, 6) is -1.19. The number of esters is 1. The summed E-state index contributed by atoms with van der Waals surface area (Å²) in [7, 11) is -2.65. The van der Waals surface area contributed by atoms with Gasteiger partial charge in [-0.05, 0) is 5.56 Å². The van der Waals surface area contributed by atoms with E-state index in [9.17, 15) is 18.3 Å². The van der Waals surface area contributed by atoms with Crippen molar-refractivity contribution in [3.05, 3.63) is 35.9 Å². The molecule has 1 aromatic rings. The van der Waals surface area contributed by atoms with E-state index in [1.807, 2.05) is 0 Å². The highest BCUT2D eigenvalue weighted by atomic mass is 32.2. The minimum Gasteiger partial charge on any atom is -0.468 e. The fraction of sp³-hybridized carbons (Fsp3) is 0.417. The Morgan fingerprint density at radius 2 is 1.89 bits per heavy atom. The van der Waals surface area contributed by atoms with Crippen molar-refractivity contribution < 1.29 is 23.1 Å². The van der Waals surface area contributed by atoms with Crippen molar-refractivity contribution in [3.63, 3.8) is 0 Å². The molecule has 0 saturated carbocycles. The molecule has 2 atom stereocenters. The third-order valence-electron chi connectivity index (χ3n) is 2.65. The number of hydrogen-bond donors (Lipinski definition) is 1. The van der Waals surface area contributed by atoms with Crippen LogP contribution in [-0.2, 0) is 19.4 Å². The molecule has 1 aromatic carbocycles. The van der Waals surface area contributed by atoms with E-state index in [4.69, 9.17) is 0 Å². The Labute approximate surface area is 106 Å². The fourth-order valence-electron chi connectivity index (χ4n) is 1.59. The van der Waals surface area contributed by atoms with Crippen LogP contribution in [0.5, 0.6) is 0 Å². The molecule has 5 nitrogen and oxygen atoms in total. The van der Waals surface area contributed by atoms with Crippen LogP contribution >= 0.6 is 0 Å². The van der Waals surface area contributed by atoms with Gasteiger partial charge in [-0.1, -0.05) is 37.3 Å². The number of carbonyl (C=O) groups is 1. The zero-order valence-corrected chi connectivity index (χ0v) is 11.1. The average molecular weight is 272 g/mol. The van der Waals surface area contributed by atoms with Crippen molar-refractivity contribution in [1.82, 2.24) is 0 Å². The van der Waals surface area contributed by atoms with Gasteiger partial charge in [-0.3, -0.25) is 4.79 Å². The van der Waals surface area contributed by atoms with Crippen LogP contribution in [0.25, 0.3) is 0 Å². The van der Waals surface area contributed by atoms with Gasteiger partial charge >= 0.3 is 5.97 Å². The van der Waals surface area contributed by atoms with Gasteiger partial charge < -0.3 is 9.84 Å². The minimum absolute atomic E-state index is 0.239. The summed E-state index contributed by atoms with van der Waals surface area (Å²) < 4.78 is 28.2. The zero-order valence-electron chi connectivity index (χ0n) is 10.2. The number of sulfone groups is 1. The van der Waals surface area contributed by atoms with Crippen LogP contribution in [0.2, 0.25) is 0 Å². The van der Waals surface area contributed by atoms with Gasteiger partial charge in [-0.25, -0.2) is 8.42 Å². The molecule has 0 fully saturated rings. The normalized spacial score (nSPS) is 14.8. The second-order valence-electron chi connectivity index (χ2n) is 3.75. The number of methoxy groups -OCH3 is 1. The van der Waals surface area contributed by atoms with Crippen molar-refractivity contribution in [1.29, 1.82) is 0 Å². The summed E-state index contributed by atoms with van der Waals surface area (Å²) in [6, 6.07) is 8.17. The van der Waals surface area contributed by atoms with E-state index >= 15 is 0 Å². The molecular formula is C12H16O5S. The van der Waals surface area contributed by atoms with Crippen LogP contribution in [0.1, 0.15) is 18.6 Å². The van der Waals surface area contributed by atoms with Crippen LogP contribution < -0.4 is 0 Å². The van der Waals surface area contributed by atoms with Crippen molar-refractivity contribution in [3.8, 4) is 0 Å². The monoisotopic (exact) mass is 272 g/mol. The summed E-state index contributed by atoms with van der Waals surface area (Å²) in [4.78, 5) is 11.6. The third-order valence-corrected chi connectivity index (χ3v) is 4.68. The van der Waals surface area contributed by atoms with Gasteiger partial charge in [0.15, 0.2) is 15.1 Å².